The van der Waals surface area contributed by atoms with Gasteiger partial charge in [-0.2, -0.15) is 4.98 Å². The number of aromatic nitrogens is 1. The third-order valence-corrected chi connectivity index (χ3v) is 7.40. The fraction of sp³-hybridized carbons (Fsp3) is 0.611. The fourth-order valence-electron chi connectivity index (χ4n) is 3.24. The van der Waals surface area contributed by atoms with Crippen molar-refractivity contribution in [3.63, 3.8) is 0 Å². The van der Waals surface area contributed by atoms with Crippen molar-refractivity contribution in [2.45, 2.75) is 57.2 Å². The molecule has 0 saturated heterocycles. The van der Waals surface area contributed by atoms with Crippen LogP contribution in [0.15, 0.2) is 22.6 Å². The smallest absolute Gasteiger partial charge is 0.295 e. The van der Waals surface area contributed by atoms with E-state index in [1.54, 1.807) is 19.1 Å². The van der Waals surface area contributed by atoms with Gasteiger partial charge in [-0.25, -0.2) is 13.1 Å². The van der Waals surface area contributed by atoms with Crippen molar-refractivity contribution in [1.29, 1.82) is 0 Å². The first kappa shape index (κ1) is 19.5. The van der Waals surface area contributed by atoms with E-state index in [9.17, 15) is 8.42 Å². The first-order valence-corrected chi connectivity index (χ1v) is 11.1. The van der Waals surface area contributed by atoms with Crippen molar-refractivity contribution in [2.75, 3.05) is 11.9 Å². The molecule has 1 aliphatic carbocycles. The topological polar surface area (TPSA) is 84.2 Å². The van der Waals surface area contributed by atoms with Gasteiger partial charge in [-0.15, -0.1) is 0 Å². The second kappa shape index (κ2) is 8.15. The minimum absolute atomic E-state index is 0.293. The van der Waals surface area contributed by atoms with Crippen LogP contribution >= 0.6 is 11.6 Å². The summed E-state index contributed by atoms with van der Waals surface area (Å²) in [7, 11) is -3.19. The SMILES string of the molecule is CCC(C)S(=O)(=O)NCC1CCC(Nc2nc3ccc(Cl)cc3o2)CC1. The third kappa shape index (κ3) is 4.69. The van der Waals surface area contributed by atoms with Crippen LogP contribution in [0.5, 0.6) is 0 Å². The first-order chi connectivity index (χ1) is 12.4. The lowest BCUT2D eigenvalue weighted by atomic mass is 9.86. The highest BCUT2D eigenvalue weighted by molar-refractivity contribution is 7.90. The number of halogens is 1. The molecule has 0 spiro atoms. The Morgan fingerprint density at radius 1 is 1.31 bits per heavy atom. The fourth-order valence-corrected chi connectivity index (χ4v) is 4.59. The van der Waals surface area contributed by atoms with Crippen LogP contribution in [-0.4, -0.2) is 31.2 Å². The second-order valence-electron chi connectivity index (χ2n) is 7.11. The van der Waals surface area contributed by atoms with Crippen LogP contribution in [0, 0.1) is 5.92 Å². The molecule has 0 bridgehead atoms. The molecule has 1 fully saturated rings. The lowest BCUT2D eigenvalue weighted by Gasteiger charge is -2.29. The molecular formula is C18H26ClN3O3S. The number of nitrogens with one attached hydrogen (secondary N) is 2. The van der Waals surface area contributed by atoms with Gasteiger partial charge in [-0.05, 0) is 57.1 Å². The lowest BCUT2D eigenvalue weighted by molar-refractivity contribution is 0.334. The molecule has 1 saturated carbocycles. The van der Waals surface area contributed by atoms with Crippen LogP contribution < -0.4 is 10.0 Å². The standard InChI is InChI=1S/C18H26ClN3O3S/c1-3-12(2)26(23,24)20-11-13-4-7-15(8-5-13)21-18-22-16-9-6-14(19)10-17(16)25-18/h6,9-10,12-13,15,20H,3-5,7-8,11H2,1-2H3,(H,21,22). The quantitative estimate of drug-likeness (QED) is 0.729. The van der Waals surface area contributed by atoms with Crippen LogP contribution in [0.25, 0.3) is 11.1 Å². The number of fused-ring (bicyclic) bond motifs is 1. The van der Waals surface area contributed by atoms with Crippen LogP contribution in [0.3, 0.4) is 0 Å². The summed E-state index contributed by atoms with van der Waals surface area (Å²) in [6, 6.07) is 6.20. The number of hydrogen-bond donors (Lipinski definition) is 2. The molecule has 3 rings (SSSR count). The summed E-state index contributed by atoms with van der Waals surface area (Å²) < 4.78 is 32.6. The second-order valence-corrected chi connectivity index (χ2v) is 9.73. The number of oxazole rings is 1. The lowest BCUT2D eigenvalue weighted by Crippen LogP contribution is -2.37. The Balaban J connectivity index is 1.49. The molecule has 1 aromatic carbocycles. The van der Waals surface area contributed by atoms with E-state index in [0.717, 1.165) is 31.2 Å². The number of sulfonamides is 1. The average Bonchev–Trinajstić information content (AvgIpc) is 3.01. The van der Waals surface area contributed by atoms with E-state index in [1.165, 1.54) is 0 Å². The van der Waals surface area contributed by atoms with E-state index >= 15 is 0 Å². The maximum Gasteiger partial charge on any atom is 0.295 e. The van der Waals surface area contributed by atoms with Gasteiger partial charge in [0.15, 0.2) is 5.58 Å². The van der Waals surface area contributed by atoms with E-state index in [2.05, 4.69) is 15.0 Å². The average molecular weight is 400 g/mol. The van der Waals surface area contributed by atoms with E-state index in [-0.39, 0.29) is 5.25 Å². The zero-order valence-corrected chi connectivity index (χ0v) is 16.7. The molecule has 2 aromatic rings. The molecule has 0 radical (unpaired) electrons. The van der Waals surface area contributed by atoms with Gasteiger partial charge >= 0.3 is 0 Å². The number of hydrogen-bond acceptors (Lipinski definition) is 5. The Morgan fingerprint density at radius 2 is 2.04 bits per heavy atom. The predicted molar refractivity (Wildman–Crippen MR) is 105 cm³/mol. The summed E-state index contributed by atoms with van der Waals surface area (Å²) >= 11 is 5.97. The highest BCUT2D eigenvalue weighted by Crippen LogP contribution is 2.28. The van der Waals surface area contributed by atoms with E-state index in [0.29, 0.717) is 41.5 Å². The number of rotatable bonds is 7. The molecule has 0 aliphatic heterocycles. The van der Waals surface area contributed by atoms with E-state index in [4.69, 9.17) is 16.0 Å². The summed E-state index contributed by atoms with van der Waals surface area (Å²) in [6.45, 7) is 4.16. The highest BCUT2D eigenvalue weighted by Gasteiger charge is 2.25. The monoisotopic (exact) mass is 399 g/mol. The number of nitrogens with zero attached hydrogens (tertiary/aromatic N) is 1. The van der Waals surface area contributed by atoms with Crippen molar-refractivity contribution in [3.8, 4) is 0 Å². The highest BCUT2D eigenvalue weighted by atomic mass is 35.5. The normalized spacial score (nSPS) is 22.4. The van der Waals surface area contributed by atoms with Crippen LogP contribution in [-0.2, 0) is 10.0 Å². The third-order valence-electron chi connectivity index (χ3n) is 5.20. The van der Waals surface area contributed by atoms with Crippen molar-refractivity contribution in [3.05, 3.63) is 23.2 Å². The summed E-state index contributed by atoms with van der Waals surface area (Å²) in [5.74, 6) is 0.384. The molecule has 6 nitrogen and oxygen atoms in total. The van der Waals surface area contributed by atoms with Crippen molar-refractivity contribution in [1.82, 2.24) is 9.71 Å². The van der Waals surface area contributed by atoms with Gasteiger partial charge < -0.3 is 9.73 Å². The molecule has 1 unspecified atom stereocenters. The molecule has 1 atom stereocenters. The van der Waals surface area contributed by atoms with Crippen molar-refractivity contribution < 1.29 is 12.8 Å². The van der Waals surface area contributed by atoms with Crippen molar-refractivity contribution >= 4 is 38.7 Å². The zero-order chi connectivity index (χ0) is 18.7. The summed E-state index contributed by atoms with van der Waals surface area (Å²) in [5, 5.41) is 3.64. The molecule has 8 heteroatoms. The van der Waals surface area contributed by atoms with Gasteiger partial charge in [0.05, 0.1) is 5.25 Å². The molecule has 1 heterocycles. The van der Waals surface area contributed by atoms with Crippen LogP contribution in [0.2, 0.25) is 5.02 Å². The van der Waals surface area contributed by atoms with Crippen LogP contribution in [0.4, 0.5) is 6.01 Å². The number of benzene rings is 1. The largest absolute Gasteiger partial charge is 0.423 e. The maximum absolute atomic E-state index is 12.1. The van der Waals surface area contributed by atoms with Gasteiger partial charge in [0.25, 0.3) is 6.01 Å². The molecule has 0 amide bonds. The molecule has 144 valence electrons. The molecule has 26 heavy (non-hydrogen) atoms. The molecular weight excluding hydrogens is 374 g/mol. The minimum atomic E-state index is -3.19. The van der Waals surface area contributed by atoms with Gasteiger partial charge in [0.1, 0.15) is 5.52 Å². The summed E-state index contributed by atoms with van der Waals surface area (Å²) in [4.78, 5) is 4.44. The van der Waals surface area contributed by atoms with Gasteiger partial charge in [0.2, 0.25) is 10.0 Å². The Labute approximate surface area is 159 Å². The molecule has 2 N–H and O–H groups in total. The van der Waals surface area contributed by atoms with Gasteiger partial charge in [-0.1, -0.05) is 18.5 Å². The van der Waals surface area contributed by atoms with Gasteiger partial charge in [0, 0.05) is 23.7 Å². The van der Waals surface area contributed by atoms with Gasteiger partial charge in [-0.3, -0.25) is 0 Å². The minimum Gasteiger partial charge on any atom is -0.423 e. The zero-order valence-electron chi connectivity index (χ0n) is 15.2. The Kier molecular flexibility index (Phi) is 6.10. The number of anilines is 1. The Hall–Kier alpha value is -1.31. The van der Waals surface area contributed by atoms with E-state index < -0.39 is 10.0 Å². The van der Waals surface area contributed by atoms with Crippen LogP contribution in [0.1, 0.15) is 46.0 Å². The Bertz CT molecular complexity index is 844. The Morgan fingerprint density at radius 3 is 2.73 bits per heavy atom. The summed E-state index contributed by atoms with van der Waals surface area (Å²) in [6.07, 6.45) is 4.52. The summed E-state index contributed by atoms with van der Waals surface area (Å²) in [5.41, 5.74) is 1.46. The van der Waals surface area contributed by atoms with Crippen molar-refractivity contribution in [2.24, 2.45) is 5.92 Å². The maximum atomic E-state index is 12.1. The molecule has 1 aliphatic rings. The first-order valence-electron chi connectivity index (χ1n) is 9.18. The van der Waals surface area contributed by atoms with E-state index in [1.807, 2.05) is 13.0 Å². The molecule has 1 aromatic heterocycles. The predicted octanol–water partition coefficient (Wildman–Crippen LogP) is 4.17.